The number of aromatic amines is 1. The molecule has 0 bridgehead atoms. The second-order valence-corrected chi connectivity index (χ2v) is 7.52. The van der Waals surface area contributed by atoms with E-state index in [0.29, 0.717) is 31.9 Å². The minimum Gasteiger partial charge on any atom is -0.357 e. The standard InChI is InChI=1S/C21H27N5O2/c27-20(19-7-4-9-22-19)25-11-13-26(14-12-25)21(28)23-18-8-10-24(16-18)15-17-5-2-1-3-6-17/h1-7,9,18,22H,8,10-16H2,(H,23,28)/t18-/m0/s1. The minimum absolute atomic E-state index is 0.00240. The highest BCUT2D eigenvalue weighted by Gasteiger charge is 2.28. The predicted octanol–water partition coefficient (Wildman–Crippen LogP) is 1.76. The maximum atomic E-state index is 12.6. The van der Waals surface area contributed by atoms with Crippen LogP contribution in [0.5, 0.6) is 0 Å². The molecule has 7 nitrogen and oxygen atoms in total. The Balaban J connectivity index is 1.21. The van der Waals surface area contributed by atoms with Gasteiger partial charge in [-0.2, -0.15) is 0 Å². The summed E-state index contributed by atoms with van der Waals surface area (Å²) in [5.74, 6) is -0.00240. The number of benzene rings is 1. The molecule has 1 aromatic carbocycles. The third-order valence-electron chi connectivity index (χ3n) is 5.53. The van der Waals surface area contributed by atoms with Gasteiger partial charge in [-0.1, -0.05) is 30.3 Å². The molecule has 1 aromatic heterocycles. The molecule has 7 heteroatoms. The molecule has 0 saturated carbocycles. The molecule has 3 heterocycles. The highest BCUT2D eigenvalue weighted by atomic mass is 16.2. The van der Waals surface area contributed by atoms with E-state index in [0.717, 1.165) is 26.1 Å². The Morgan fingerprint density at radius 1 is 0.964 bits per heavy atom. The fourth-order valence-electron chi connectivity index (χ4n) is 3.95. The Kier molecular flexibility index (Phi) is 5.62. The molecule has 0 spiro atoms. The summed E-state index contributed by atoms with van der Waals surface area (Å²) in [4.78, 5) is 33.9. The molecule has 2 saturated heterocycles. The van der Waals surface area contributed by atoms with Gasteiger partial charge in [0.25, 0.3) is 5.91 Å². The van der Waals surface area contributed by atoms with E-state index in [1.165, 1.54) is 5.56 Å². The molecule has 4 rings (SSSR count). The number of hydrogen-bond donors (Lipinski definition) is 2. The van der Waals surface area contributed by atoms with Gasteiger partial charge in [0.2, 0.25) is 0 Å². The van der Waals surface area contributed by atoms with Crippen LogP contribution in [0.25, 0.3) is 0 Å². The average molecular weight is 381 g/mol. The van der Waals surface area contributed by atoms with Gasteiger partial charge in [0.1, 0.15) is 5.69 Å². The Bertz CT molecular complexity index is 784. The first-order valence-electron chi connectivity index (χ1n) is 9.93. The normalized spacial score (nSPS) is 20.4. The van der Waals surface area contributed by atoms with Gasteiger partial charge < -0.3 is 20.1 Å². The van der Waals surface area contributed by atoms with E-state index in [1.807, 2.05) is 17.0 Å². The van der Waals surface area contributed by atoms with Crippen LogP contribution in [0.3, 0.4) is 0 Å². The van der Waals surface area contributed by atoms with Crippen molar-refractivity contribution in [1.82, 2.24) is 25.0 Å². The molecule has 0 aliphatic carbocycles. The van der Waals surface area contributed by atoms with Gasteiger partial charge in [-0.25, -0.2) is 4.79 Å². The van der Waals surface area contributed by atoms with Gasteiger partial charge >= 0.3 is 6.03 Å². The lowest BCUT2D eigenvalue weighted by Gasteiger charge is -2.35. The number of hydrogen-bond acceptors (Lipinski definition) is 3. The molecule has 1 atom stereocenters. The second kappa shape index (κ2) is 8.48. The van der Waals surface area contributed by atoms with Gasteiger partial charge in [-0.3, -0.25) is 9.69 Å². The maximum absolute atomic E-state index is 12.6. The summed E-state index contributed by atoms with van der Waals surface area (Å²) in [5.41, 5.74) is 1.90. The third-order valence-corrected chi connectivity index (χ3v) is 5.53. The number of amides is 3. The lowest BCUT2D eigenvalue weighted by molar-refractivity contribution is 0.0658. The van der Waals surface area contributed by atoms with E-state index >= 15 is 0 Å². The average Bonchev–Trinajstić information content (AvgIpc) is 3.41. The molecule has 0 radical (unpaired) electrons. The lowest BCUT2D eigenvalue weighted by atomic mass is 10.2. The van der Waals surface area contributed by atoms with E-state index in [9.17, 15) is 9.59 Å². The first-order chi connectivity index (χ1) is 13.7. The van der Waals surface area contributed by atoms with Crippen LogP contribution in [0, 0.1) is 0 Å². The summed E-state index contributed by atoms with van der Waals surface area (Å²) in [6, 6.07) is 14.2. The molecular formula is C21H27N5O2. The smallest absolute Gasteiger partial charge is 0.317 e. The van der Waals surface area contributed by atoms with Crippen molar-refractivity contribution in [2.24, 2.45) is 0 Å². The van der Waals surface area contributed by atoms with Gasteiger partial charge in [-0.15, -0.1) is 0 Å². The quantitative estimate of drug-likeness (QED) is 0.848. The molecule has 148 valence electrons. The van der Waals surface area contributed by atoms with E-state index in [4.69, 9.17) is 0 Å². The van der Waals surface area contributed by atoms with Gasteiger partial charge in [0.05, 0.1) is 0 Å². The number of aromatic nitrogens is 1. The summed E-state index contributed by atoms with van der Waals surface area (Å²) in [5, 5.41) is 3.17. The van der Waals surface area contributed by atoms with E-state index in [-0.39, 0.29) is 18.0 Å². The molecule has 0 unspecified atom stereocenters. The predicted molar refractivity (Wildman–Crippen MR) is 107 cm³/mol. The van der Waals surface area contributed by atoms with Crippen molar-refractivity contribution in [2.75, 3.05) is 39.3 Å². The van der Waals surface area contributed by atoms with Crippen LogP contribution in [0.15, 0.2) is 48.7 Å². The summed E-state index contributed by atoms with van der Waals surface area (Å²) < 4.78 is 0. The highest BCUT2D eigenvalue weighted by molar-refractivity contribution is 5.92. The van der Waals surface area contributed by atoms with Crippen molar-refractivity contribution in [2.45, 2.75) is 19.0 Å². The number of carbonyl (C=O) groups is 2. The third kappa shape index (κ3) is 4.36. The van der Waals surface area contributed by atoms with Crippen molar-refractivity contribution in [3.05, 3.63) is 59.9 Å². The number of likely N-dealkylation sites (tertiary alicyclic amines) is 1. The lowest BCUT2D eigenvalue weighted by Crippen LogP contribution is -2.54. The van der Waals surface area contributed by atoms with Gasteiger partial charge in [-0.05, 0) is 24.1 Å². The summed E-state index contributed by atoms with van der Waals surface area (Å²) in [7, 11) is 0. The number of carbonyl (C=O) groups excluding carboxylic acids is 2. The Morgan fingerprint density at radius 2 is 1.71 bits per heavy atom. The van der Waals surface area contributed by atoms with E-state index in [2.05, 4.69) is 39.5 Å². The fourth-order valence-corrected chi connectivity index (χ4v) is 3.95. The molecule has 2 aliphatic rings. The molecule has 3 amide bonds. The van der Waals surface area contributed by atoms with Crippen LogP contribution in [0.1, 0.15) is 22.5 Å². The van der Waals surface area contributed by atoms with Crippen molar-refractivity contribution in [3.8, 4) is 0 Å². The largest absolute Gasteiger partial charge is 0.357 e. The first-order valence-corrected chi connectivity index (χ1v) is 9.93. The SMILES string of the molecule is O=C(N[C@H]1CCN(Cc2ccccc2)C1)N1CCN(C(=O)c2ccc[nH]2)CC1. The number of urea groups is 1. The van der Waals surface area contributed by atoms with Gasteiger partial charge in [0, 0.05) is 58.1 Å². The zero-order valence-corrected chi connectivity index (χ0v) is 16.0. The number of nitrogens with one attached hydrogen (secondary N) is 2. The molecule has 28 heavy (non-hydrogen) atoms. The zero-order chi connectivity index (χ0) is 19.3. The molecule has 2 fully saturated rings. The minimum atomic E-state index is -0.0152. The van der Waals surface area contributed by atoms with Crippen LogP contribution in [0.2, 0.25) is 0 Å². The van der Waals surface area contributed by atoms with Crippen molar-refractivity contribution >= 4 is 11.9 Å². The van der Waals surface area contributed by atoms with Crippen molar-refractivity contribution in [3.63, 3.8) is 0 Å². The monoisotopic (exact) mass is 381 g/mol. The van der Waals surface area contributed by atoms with E-state index < -0.39 is 0 Å². The first kappa shape index (κ1) is 18.6. The van der Waals surface area contributed by atoms with Crippen LogP contribution >= 0.6 is 0 Å². The van der Waals surface area contributed by atoms with Crippen LogP contribution in [-0.4, -0.2) is 76.9 Å². The number of H-pyrrole nitrogens is 1. The Hall–Kier alpha value is -2.80. The summed E-state index contributed by atoms with van der Waals surface area (Å²) in [6.45, 7) is 5.07. The Morgan fingerprint density at radius 3 is 2.43 bits per heavy atom. The summed E-state index contributed by atoms with van der Waals surface area (Å²) in [6.07, 6.45) is 2.73. The number of rotatable bonds is 4. The molecule has 2 N–H and O–H groups in total. The second-order valence-electron chi connectivity index (χ2n) is 7.52. The summed E-state index contributed by atoms with van der Waals surface area (Å²) >= 11 is 0. The highest BCUT2D eigenvalue weighted by Crippen LogP contribution is 2.14. The molecular weight excluding hydrogens is 354 g/mol. The maximum Gasteiger partial charge on any atom is 0.317 e. The topological polar surface area (TPSA) is 71.7 Å². The van der Waals surface area contributed by atoms with Gasteiger partial charge in [0.15, 0.2) is 0 Å². The molecule has 2 aliphatic heterocycles. The van der Waals surface area contributed by atoms with Crippen LogP contribution in [0.4, 0.5) is 4.79 Å². The van der Waals surface area contributed by atoms with E-state index in [1.54, 1.807) is 17.2 Å². The Labute approximate surface area is 165 Å². The number of piperazine rings is 1. The molecule has 2 aromatic rings. The van der Waals surface area contributed by atoms with Crippen LogP contribution < -0.4 is 5.32 Å². The van der Waals surface area contributed by atoms with Crippen LogP contribution in [-0.2, 0) is 6.54 Å². The van der Waals surface area contributed by atoms with Crippen molar-refractivity contribution < 1.29 is 9.59 Å². The van der Waals surface area contributed by atoms with Crippen molar-refractivity contribution in [1.29, 1.82) is 0 Å². The fraction of sp³-hybridized carbons (Fsp3) is 0.429. The zero-order valence-electron chi connectivity index (χ0n) is 16.0. The number of nitrogens with zero attached hydrogens (tertiary/aromatic N) is 3.